The van der Waals surface area contributed by atoms with E-state index in [9.17, 15) is 4.79 Å². The summed E-state index contributed by atoms with van der Waals surface area (Å²) in [6, 6.07) is 10.6. The average molecular weight is 329 g/mol. The number of fused-ring (bicyclic) bond motifs is 3. The zero-order chi connectivity index (χ0) is 16.0. The minimum atomic E-state index is -0.0944. The fraction of sp³-hybridized carbons (Fsp3) is 0.167. The monoisotopic (exact) mass is 328 g/mol. The second kappa shape index (κ2) is 5.32. The van der Waals surface area contributed by atoms with Gasteiger partial charge in [0.2, 0.25) is 11.2 Å². The van der Waals surface area contributed by atoms with Crippen LogP contribution in [0.2, 0.25) is 5.02 Å². The summed E-state index contributed by atoms with van der Waals surface area (Å²) in [6.45, 7) is 2.70. The maximum Gasteiger partial charge on any atom is 0.205 e. The molecular formula is C18H13ClO4. The minimum Gasteiger partial charge on any atom is -0.486 e. The standard InChI is InChI=1S/C18H13ClO4/c1-10-15(11-2-4-12(19)5-3-11)16(20)13-6-7-14-18(17(13)23-10)22-9-8-21-14/h2-7H,8-9H2,1H3. The molecule has 2 heterocycles. The van der Waals surface area contributed by atoms with Gasteiger partial charge < -0.3 is 13.9 Å². The Kier molecular flexibility index (Phi) is 3.27. The third kappa shape index (κ3) is 2.26. The maximum absolute atomic E-state index is 12.9. The summed E-state index contributed by atoms with van der Waals surface area (Å²) < 4.78 is 17.1. The van der Waals surface area contributed by atoms with Crippen molar-refractivity contribution in [2.75, 3.05) is 13.2 Å². The van der Waals surface area contributed by atoms with E-state index in [2.05, 4.69) is 0 Å². The molecule has 23 heavy (non-hydrogen) atoms. The van der Waals surface area contributed by atoms with Gasteiger partial charge in [0.05, 0.1) is 10.9 Å². The van der Waals surface area contributed by atoms with Gasteiger partial charge in [-0.2, -0.15) is 0 Å². The van der Waals surface area contributed by atoms with Crippen LogP contribution in [0.3, 0.4) is 0 Å². The third-order valence-electron chi connectivity index (χ3n) is 3.88. The highest BCUT2D eigenvalue weighted by Crippen LogP contribution is 2.38. The van der Waals surface area contributed by atoms with E-state index in [1.807, 2.05) is 12.1 Å². The number of halogens is 1. The molecule has 0 spiro atoms. The van der Waals surface area contributed by atoms with Crippen molar-refractivity contribution in [3.8, 4) is 22.6 Å². The lowest BCUT2D eigenvalue weighted by molar-refractivity contribution is 0.172. The number of hydrogen-bond acceptors (Lipinski definition) is 4. The minimum absolute atomic E-state index is 0.0944. The fourth-order valence-electron chi connectivity index (χ4n) is 2.82. The highest BCUT2D eigenvalue weighted by Gasteiger charge is 2.21. The molecule has 0 amide bonds. The molecule has 0 N–H and O–H groups in total. The van der Waals surface area contributed by atoms with Gasteiger partial charge in [-0.15, -0.1) is 0 Å². The first-order chi connectivity index (χ1) is 11.1. The molecule has 0 saturated heterocycles. The molecule has 4 rings (SSSR count). The summed E-state index contributed by atoms with van der Waals surface area (Å²) in [5.41, 5.74) is 1.65. The summed E-state index contributed by atoms with van der Waals surface area (Å²) >= 11 is 5.92. The smallest absolute Gasteiger partial charge is 0.205 e. The highest BCUT2D eigenvalue weighted by molar-refractivity contribution is 6.30. The molecule has 1 aliphatic rings. The van der Waals surface area contributed by atoms with E-state index in [-0.39, 0.29) is 5.43 Å². The Morgan fingerprint density at radius 3 is 2.52 bits per heavy atom. The molecule has 1 aromatic heterocycles. The molecule has 4 nitrogen and oxygen atoms in total. The van der Waals surface area contributed by atoms with E-state index >= 15 is 0 Å². The van der Waals surface area contributed by atoms with Crippen LogP contribution in [0.4, 0.5) is 0 Å². The normalized spacial score (nSPS) is 13.3. The van der Waals surface area contributed by atoms with Crippen molar-refractivity contribution in [2.24, 2.45) is 0 Å². The Hall–Kier alpha value is -2.46. The van der Waals surface area contributed by atoms with Crippen LogP contribution in [0.1, 0.15) is 5.76 Å². The Balaban J connectivity index is 2.01. The van der Waals surface area contributed by atoms with Gasteiger partial charge in [-0.1, -0.05) is 23.7 Å². The number of benzene rings is 2. The van der Waals surface area contributed by atoms with Crippen molar-refractivity contribution in [3.63, 3.8) is 0 Å². The predicted octanol–water partition coefficient (Wildman–Crippen LogP) is 4.19. The Morgan fingerprint density at radius 1 is 1.00 bits per heavy atom. The molecule has 5 heteroatoms. The molecule has 116 valence electrons. The topological polar surface area (TPSA) is 48.7 Å². The first-order valence-corrected chi connectivity index (χ1v) is 7.65. The van der Waals surface area contributed by atoms with Crippen molar-refractivity contribution in [2.45, 2.75) is 6.92 Å². The summed E-state index contributed by atoms with van der Waals surface area (Å²) in [5.74, 6) is 1.63. The SMILES string of the molecule is Cc1oc2c3c(ccc2c(=O)c1-c1ccc(Cl)cc1)OCCO3. The molecule has 0 unspecified atom stereocenters. The summed E-state index contributed by atoms with van der Waals surface area (Å²) in [7, 11) is 0. The van der Waals surface area contributed by atoms with Crippen molar-refractivity contribution in [3.05, 3.63) is 57.4 Å². The van der Waals surface area contributed by atoms with Crippen LogP contribution in [0.25, 0.3) is 22.1 Å². The van der Waals surface area contributed by atoms with Crippen LogP contribution in [-0.4, -0.2) is 13.2 Å². The quantitative estimate of drug-likeness (QED) is 0.672. The number of rotatable bonds is 1. The lowest BCUT2D eigenvalue weighted by Crippen LogP contribution is -2.16. The van der Waals surface area contributed by atoms with Crippen molar-refractivity contribution in [1.82, 2.24) is 0 Å². The number of aryl methyl sites for hydroxylation is 1. The summed E-state index contributed by atoms with van der Waals surface area (Å²) in [5, 5.41) is 1.10. The second-order valence-corrected chi connectivity index (χ2v) is 5.77. The van der Waals surface area contributed by atoms with E-state index in [0.29, 0.717) is 52.0 Å². The average Bonchev–Trinajstić information content (AvgIpc) is 2.56. The second-order valence-electron chi connectivity index (χ2n) is 5.34. The zero-order valence-electron chi connectivity index (χ0n) is 12.4. The van der Waals surface area contributed by atoms with Crippen LogP contribution in [0.15, 0.2) is 45.6 Å². The van der Waals surface area contributed by atoms with Crippen molar-refractivity contribution >= 4 is 22.6 Å². The molecule has 0 saturated carbocycles. The summed E-state index contributed by atoms with van der Waals surface area (Å²) in [6.07, 6.45) is 0. The molecule has 0 aliphatic carbocycles. The molecule has 0 bridgehead atoms. The van der Waals surface area contributed by atoms with Gasteiger partial charge in [0.15, 0.2) is 11.3 Å². The third-order valence-corrected chi connectivity index (χ3v) is 4.13. The molecular weight excluding hydrogens is 316 g/mol. The molecule has 3 aromatic rings. The Labute approximate surface area is 137 Å². The van der Waals surface area contributed by atoms with Gasteiger partial charge in [-0.3, -0.25) is 4.79 Å². The van der Waals surface area contributed by atoms with E-state index in [4.69, 9.17) is 25.5 Å². The highest BCUT2D eigenvalue weighted by atomic mass is 35.5. The molecule has 0 radical (unpaired) electrons. The number of ether oxygens (including phenoxy) is 2. The predicted molar refractivity (Wildman–Crippen MR) is 88.7 cm³/mol. The zero-order valence-corrected chi connectivity index (χ0v) is 13.1. The lowest BCUT2D eigenvalue weighted by Gasteiger charge is -2.19. The van der Waals surface area contributed by atoms with Crippen molar-refractivity contribution in [1.29, 1.82) is 0 Å². The fourth-order valence-corrected chi connectivity index (χ4v) is 2.95. The van der Waals surface area contributed by atoms with Gasteiger partial charge >= 0.3 is 0 Å². The molecule has 0 fully saturated rings. The van der Waals surface area contributed by atoms with Gasteiger partial charge in [0.25, 0.3) is 0 Å². The van der Waals surface area contributed by atoms with Crippen LogP contribution in [0.5, 0.6) is 11.5 Å². The van der Waals surface area contributed by atoms with Crippen molar-refractivity contribution < 1.29 is 13.9 Å². The van der Waals surface area contributed by atoms with Gasteiger partial charge in [-0.05, 0) is 36.8 Å². The first kappa shape index (κ1) is 14.2. The van der Waals surface area contributed by atoms with Gasteiger partial charge in [0.1, 0.15) is 19.0 Å². The molecule has 1 aliphatic heterocycles. The van der Waals surface area contributed by atoms with E-state index in [0.717, 1.165) is 5.56 Å². The van der Waals surface area contributed by atoms with Crippen LogP contribution >= 0.6 is 11.6 Å². The first-order valence-electron chi connectivity index (χ1n) is 7.27. The van der Waals surface area contributed by atoms with Gasteiger partial charge in [0, 0.05) is 5.02 Å². The van der Waals surface area contributed by atoms with Crippen LogP contribution in [0, 0.1) is 6.92 Å². The van der Waals surface area contributed by atoms with E-state index in [1.54, 1.807) is 31.2 Å². The molecule has 2 aromatic carbocycles. The number of hydrogen-bond donors (Lipinski definition) is 0. The lowest BCUT2D eigenvalue weighted by atomic mass is 10.0. The summed E-state index contributed by atoms with van der Waals surface area (Å²) in [4.78, 5) is 12.9. The largest absolute Gasteiger partial charge is 0.486 e. The Morgan fingerprint density at radius 2 is 1.74 bits per heavy atom. The maximum atomic E-state index is 12.9. The van der Waals surface area contributed by atoms with E-state index < -0.39 is 0 Å². The van der Waals surface area contributed by atoms with Gasteiger partial charge in [-0.25, -0.2) is 0 Å². The Bertz CT molecular complexity index is 957. The van der Waals surface area contributed by atoms with Crippen LogP contribution in [-0.2, 0) is 0 Å². The van der Waals surface area contributed by atoms with Crippen LogP contribution < -0.4 is 14.9 Å². The van der Waals surface area contributed by atoms with E-state index in [1.165, 1.54) is 0 Å². The molecule has 0 atom stereocenters.